The second kappa shape index (κ2) is 7.62. The van der Waals surface area contributed by atoms with Gasteiger partial charge in [0.05, 0.1) is 30.5 Å². The molecule has 0 aliphatic carbocycles. The third-order valence-electron chi connectivity index (χ3n) is 4.82. The van der Waals surface area contributed by atoms with E-state index in [1.165, 1.54) is 6.07 Å². The fraction of sp³-hybridized carbons (Fsp3) is 0.238. The van der Waals surface area contributed by atoms with Crippen molar-refractivity contribution < 1.29 is 4.74 Å². The van der Waals surface area contributed by atoms with Gasteiger partial charge in [0.25, 0.3) is 5.56 Å². The molecule has 3 aromatic rings. The van der Waals surface area contributed by atoms with E-state index in [0.29, 0.717) is 36.9 Å². The van der Waals surface area contributed by atoms with Gasteiger partial charge in [-0.3, -0.25) is 14.3 Å². The van der Waals surface area contributed by atoms with Crippen molar-refractivity contribution in [2.45, 2.75) is 6.10 Å². The minimum atomic E-state index is -0.191. The lowest BCUT2D eigenvalue weighted by molar-refractivity contribution is 0.0389. The quantitative estimate of drug-likeness (QED) is 0.700. The lowest BCUT2D eigenvalue weighted by atomic mass is 10.1. The largest absolute Gasteiger partial charge is 0.370 e. The summed E-state index contributed by atoms with van der Waals surface area (Å²) in [6.07, 6.45) is 3.17. The molecular formula is C21H19N5O2. The first-order valence-corrected chi connectivity index (χ1v) is 9.01. The second-order valence-electron chi connectivity index (χ2n) is 6.62. The number of morpholine rings is 1. The van der Waals surface area contributed by atoms with E-state index in [2.05, 4.69) is 16.0 Å². The maximum atomic E-state index is 12.5. The highest BCUT2D eigenvalue weighted by Gasteiger charge is 2.25. The van der Waals surface area contributed by atoms with Crippen molar-refractivity contribution in [3.63, 3.8) is 0 Å². The Hall–Kier alpha value is -3.50. The maximum absolute atomic E-state index is 12.5. The standard InChI is InChI=1S/C21H19N5O2/c1-25-20(27)12-18(16-5-7-23-8-6-16)24-21(25)26-9-10-28-19(14-26)17-4-2-3-15(11-17)13-22/h2-8,11-12,19H,9-10,14H2,1H3. The molecule has 4 rings (SSSR count). The van der Waals surface area contributed by atoms with Gasteiger partial charge in [-0.1, -0.05) is 12.1 Å². The minimum Gasteiger partial charge on any atom is -0.370 e. The monoisotopic (exact) mass is 373 g/mol. The van der Waals surface area contributed by atoms with Crippen LogP contribution in [0.15, 0.2) is 59.7 Å². The van der Waals surface area contributed by atoms with Crippen molar-refractivity contribution >= 4 is 5.95 Å². The molecule has 0 bridgehead atoms. The van der Waals surface area contributed by atoms with Crippen molar-refractivity contribution in [1.29, 1.82) is 5.26 Å². The normalized spacial score (nSPS) is 16.6. The van der Waals surface area contributed by atoms with Crippen molar-refractivity contribution in [1.82, 2.24) is 14.5 Å². The maximum Gasteiger partial charge on any atom is 0.255 e. The zero-order valence-corrected chi connectivity index (χ0v) is 15.4. The molecule has 0 saturated carbocycles. The summed E-state index contributed by atoms with van der Waals surface area (Å²) in [5, 5.41) is 9.14. The van der Waals surface area contributed by atoms with Crippen molar-refractivity contribution in [2.75, 3.05) is 24.6 Å². The molecule has 1 fully saturated rings. The van der Waals surface area contributed by atoms with Crippen LogP contribution >= 0.6 is 0 Å². The summed E-state index contributed by atoms with van der Waals surface area (Å²) in [6, 6.07) is 14.8. The molecule has 28 heavy (non-hydrogen) atoms. The average molecular weight is 373 g/mol. The van der Waals surface area contributed by atoms with E-state index in [9.17, 15) is 4.79 Å². The number of hydrogen-bond acceptors (Lipinski definition) is 6. The molecule has 1 aliphatic heterocycles. The van der Waals surface area contributed by atoms with Crippen LogP contribution in [0.4, 0.5) is 5.95 Å². The summed E-state index contributed by atoms with van der Waals surface area (Å²) in [5.41, 5.74) is 2.89. The van der Waals surface area contributed by atoms with Gasteiger partial charge in [0.15, 0.2) is 0 Å². The molecule has 7 heteroatoms. The first-order chi connectivity index (χ1) is 13.7. The Labute approximate surface area is 162 Å². The smallest absolute Gasteiger partial charge is 0.255 e. The van der Waals surface area contributed by atoms with Crippen LogP contribution in [0.5, 0.6) is 0 Å². The Balaban J connectivity index is 1.67. The number of anilines is 1. The number of benzene rings is 1. The van der Waals surface area contributed by atoms with Crippen molar-refractivity contribution in [3.05, 3.63) is 76.3 Å². The second-order valence-corrected chi connectivity index (χ2v) is 6.62. The molecular weight excluding hydrogens is 354 g/mol. The summed E-state index contributed by atoms with van der Waals surface area (Å²) in [7, 11) is 1.72. The number of nitriles is 1. The molecule has 2 aromatic heterocycles. The van der Waals surface area contributed by atoms with E-state index in [-0.39, 0.29) is 11.7 Å². The lowest BCUT2D eigenvalue weighted by Gasteiger charge is -2.34. The SMILES string of the molecule is Cn1c(N2CCOC(c3cccc(C#N)c3)C2)nc(-c2ccncc2)cc1=O. The molecule has 1 aliphatic rings. The van der Waals surface area contributed by atoms with Gasteiger partial charge < -0.3 is 9.64 Å². The fourth-order valence-corrected chi connectivity index (χ4v) is 3.32. The summed E-state index contributed by atoms with van der Waals surface area (Å²) in [5.74, 6) is 0.601. The third-order valence-corrected chi connectivity index (χ3v) is 4.82. The van der Waals surface area contributed by atoms with Crippen LogP contribution in [0.1, 0.15) is 17.2 Å². The molecule has 0 radical (unpaired) electrons. The first kappa shape index (κ1) is 17.9. The highest BCUT2D eigenvalue weighted by Crippen LogP contribution is 2.26. The summed E-state index contributed by atoms with van der Waals surface area (Å²) < 4.78 is 7.48. The molecule has 1 aromatic carbocycles. The molecule has 1 saturated heterocycles. The Bertz CT molecular complexity index is 1090. The van der Waals surface area contributed by atoms with E-state index < -0.39 is 0 Å². The fourth-order valence-electron chi connectivity index (χ4n) is 3.32. The summed E-state index contributed by atoms with van der Waals surface area (Å²) in [6.45, 7) is 1.69. The van der Waals surface area contributed by atoms with Crippen LogP contribution in [0.25, 0.3) is 11.3 Å². The van der Waals surface area contributed by atoms with Crippen LogP contribution in [-0.2, 0) is 11.8 Å². The average Bonchev–Trinajstić information content (AvgIpc) is 2.76. The van der Waals surface area contributed by atoms with Crippen LogP contribution in [0.3, 0.4) is 0 Å². The zero-order chi connectivity index (χ0) is 19.5. The molecule has 140 valence electrons. The Morgan fingerprint density at radius 2 is 2.04 bits per heavy atom. The highest BCUT2D eigenvalue weighted by molar-refractivity contribution is 5.59. The van der Waals surface area contributed by atoms with Gasteiger partial charge in [-0.25, -0.2) is 4.98 Å². The van der Waals surface area contributed by atoms with Gasteiger partial charge >= 0.3 is 0 Å². The minimum absolute atomic E-state index is 0.119. The van der Waals surface area contributed by atoms with Crippen LogP contribution < -0.4 is 10.5 Å². The first-order valence-electron chi connectivity index (χ1n) is 9.01. The zero-order valence-electron chi connectivity index (χ0n) is 15.4. The number of hydrogen-bond donors (Lipinski definition) is 0. The topological polar surface area (TPSA) is 84.0 Å². The molecule has 0 amide bonds. The number of pyridine rings is 1. The van der Waals surface area contributed by atoms with Gasteiger partial charge in [-0.15, -0.1) is 0 Å². The summed E-state index contributed by atoms with van der Waals surface area (Å²) in [4.78, 5) is 23.3. The Morgan fingerprint density at radius 1 is 1.21 bits per heavy atom. The van der Waals surface area contributed by atoms with E-state index >= 15 is 0 Å². The van der Waals surface area contributed by atoms with E-state index in [0.717, 1.165) is 11.1 Å². The van der Waals surface area contributed by atoms with Crippen LogP contribution in [0, 0.1) is 11.3 Å². The van der Waals surface area contributed by atoms with Crippen molar-refractivity contribution in [3.8, 4) is 17.3 Å². The lowest BCUT2D eigenvalue weighted by Crippen LogP contribution is -2.41. The number of rotatable bonds is 3. The van der Waals surface area contributed by atoms with Crippen molar-refractivity contribution in [2.24, 2.45) is 7.05 Å². The van der Waals surface area contributed by atoms with E-state index in [4.69, 9.17) is 15.0 Å². The number of nitrogens with zero attached hydrogens (tertiary/aromatic N) is 5. The van der Waals surface area contributed by atoms with Crippen LogP contribution in [-0.4, -0.2) is 34.2 Å². The van der Waals surface area contributed by atoms with Gasteiger partial charge in [0.1, 0.15) is 6.10 Å². The van der Waals surface area contributed by atoms with Crippen LogP contribution in [0.2, 0.25) is 0 Å². The Kier molecular flexibility index (Phi) is 4.87. The Morgan fingerprint density at radius 3 is 2.82 bits per heavy atom. The summed E-state index contributed by atoms with van der Waals surface area (Å²) >= 11 is 0. The molecule has 1 unspecified atom stereocenters. The predicted molar refractivity (Wildman–Crippen MR) is 105 cm³/mol. The molecule has 1 atom stereocenters. The third kappa shape index (κ3) is 3.50. The molecule has 0 spiro atoms. The number of ether oxygens (including phenoxy) is 1. The molecule has 7 nitrogen and oxygen atoms in total. The van der Waals surface area contributed by atoms with Gasteiger partial charge in [-0.05, 0) is 29.8 Å². The predicted octanol–water partition coefficient (Wildman–Crippen LogP) is 2.29. The van der Waals surface area contributed by atoms with E-state index in [1.54, 1.807) is 30.1 Å². The number of aromatic nitrogens is 3. The van der Waals surface area contributed by atoms with Gasteiger partial charge in [-0.2, -0.15) is 5.26 Å². The molecule has 3 heterocycles. The highest BCUT2D eigenvalue weighted by atomic mass is 16.5. The van der Waals surface area contributed by atoms with Gasteiger partial charge in [0.2, 0.25) is 5.95 Å². The van der Waals surface area contributed by atoms with Gasteiger partial charge in [0, 0.05) is 37.6 Å². The van der Waals surface area contributed by atoms with E-state index in [1.807, 2.05) is 30.3 Å². The molecule has 0 N–H and O–H groups in total.